The van der Waals surface area contributed by atoms with Crippen molar-refractivity contribution in [3.05, 3.63) is 41.2 Å². The summed E-state index contributed by atoms with van der Waals surface area (Å²) in [6.07, 6.45) is -2.47. The van der Waals surface area contributed by atoms with Crippen LogP contribution in [0.1, 0.15) is 11.3 Å². The minimum Gasteiger partial charge on any atom is -0.290 e. The van der Waals surface area contributed by atoms with Gasteiger partial charge in [-0.05, 0) is 6.07 Å². The lowest BCUT2D eigenvalue weighted by atomic mass is 10.2. The second-order valence-electron chi connectivity index (χ2n) is 3.14. The van der Waals surface area contributed by atoms with Crippen LogP contribution in [-0.2, 0) is 6.18 Å². The van der Waals surface area contributed by atoms with Crippen LogP contribution in [0.2, 0.25) is 5.02 Å². The second kappa shape index (κ2) is 5.83. The number of nitrogens with zero attached hydrogens (tertiary/aromatic N) is 2. The molecule has 0 aliphatic carbocycles. The van der Waals surface area contributed by atoms with Crippen molar-refractivity contribution in [2.45, 2.75) is 6.18 Å². The van der Waals surface area contributed by atoms with Gasteiger partial charge in [0, 0.05) is 6.20 Å². The van der Waals surface area contributed by atoms with Gasteiger partial charge in [-0.2, -0.15) is 13.2 Å². The van der Waals surface area contributed by atoms with Gasteiger partial charge >= 0.3 is 6.18 Å². The van der Waals surface area contributed by atoms with Crippen molar-refractivity contribution in [1.82, 2.24) is 10.5 Å². The van der Waals surface area contributed by atoms with Gasteiger partial charge in [0.1, 0.15) is 5.69 Å². The van der Waals surface area contributed by atoms with Crippen molar-refractivity contribution in [2.24, 2.45) is 4.99 Å². The summed E-state index contributed by atoms with van der Waals surface area (Å²) >= 11 is 5.67. The third-order valence-electron chi connectivity index (χ3n) is 1.88. The van der Waals surface area contributed by atoms with Gasteiger partial charge in [-0.3, -0.25) is 20.7 Å². The predicted molar refractivity (Wildman–Crippen MR) is 60.8 cm³/mol. The van der Waals surface area contributed by atoms with Gasteiger partial charge in [0.2, 0.25) is 0 Å². The zero-order chi connectivity index (χ0) is 13.8. The van der Waals surface area contributed by atoms with Gasteiger partial charge in [-0.15, -0.1) is 6.58 Å². The molecule has 1 aromatic rings. The first-order chi connectivity index (χ1) is 8.40. The monoisotopic (exact) mass is 279 g/mol. The maximum absolute atomic E-state index is 12.4. The van der Waals surface area contributed by atoms with Gasteiger partial charge in [0.15, 0.2) is 5.84 Å². The number of hydrogen-bond acceptors (Lipinski definition) is 3. The van der Waals surface area contributed by atoms with Crippen LogP contribution in [0.3, 0.4) is 0 Å². The molecule has 0 aliphatic rings. The summed E-state index contributed by atoms with van der Waals surface area (Å²) in [6, 6.07) is 0.713. The van der Waals surface area contributed by atoms with E-state index >= 15 is 0 Å². The van der Waals surface area contributed by atoms with Crippen molar-refractivity contribution >= 4 is 17.4 Å². The lowest BCUT2D eigenvalue weighted by Gasteiger charge is -2.09. The zero-order valence-electron chi connectivity index (χ0n) is 9.00. The van der Waals surface area contributed by atoms with Crippen LogP contribution in [0.4, 0.5) is 13.2 Å². The fourth-order valence-corrected chi connectivity index (χ4v) is 1.34. The molecule has 0 saturated carbocycles. The number of aromatic nitrogens is 1. The summed E-state index contributed by atoms with van der Waals surface area (Å²) in [7, 11) is 0. The lowest BCUT2D eigenvalue weighted by molar-refractivity contribution is -0.137. The average molecular weight is 280 g/mol. The van der Waals surface area contributed by atoms with Gasteiger partial charge in [-0.25, -0.2) is 0 Å². The number of amidine groups is 1. The SMILES string of the molecule is C=CCN=C(NO)c1ncc(C(F)(F)F)cc1Cl. The number of pyridine rings is 1. The molecule has 98 valence electrons. The highest BCUT2D eigenvalue weighted by Gasteiger charge is 2.31. The van der Waals surface area contributed by atoms with Crippen LogP contribution < -0.4 is 5.48 Å². The third kappa shape index (κ3) is 3.44. The third-order valence-corrected chi connectivity index (χ3v) is 2.17. The highest BCUT2D eigenvalue weighted by Crippen LogP contribution is 2.31. The molecule has 0 unspecified atom stereocenters. The predicted octanol–water partition coefficient (Wildman–Crippen LogP) is 2.67. The summed E-state index contributed by atoms with van der Waals surface area (Å²) in [4.78, 5) is 7.32. The molecule has 4 nitrogen and oxygen atoms in total. The van der Waals surface area contributed by atoms with Gasteiger partial charge in [0.05, 0.1) is 17.1 Å². The Bertz CT molecular complexity index is 474. The summed E-state index contributed by atoms with van der Waals surface area (Å²) in [5.41, 5.74) is 0.676. The Morgan fingerprint density at radius 2 is 2.28 bits per heavy atom. The number of alkyl halides is 3. The molecule has 0 saturated heterocycles. The number of hydroxylamine groups is 1. The van der Waals surface area contributed by atoms with Crippen LogP contribution in [0.5, 0.6) is 0 Å². The molecule has 1 aromatic heterocycles. The molecule has 0 aromatic carbocycles. The summed E-state index contributed by atoms with van der Waals surface area (Å²) in [5, 5.41) is 8.55. The van der Waals surface area contributed by atoms with Crippen LogP contribution in [0.15, 0.2) is 29.9 Å². The molecule has 1 rings (SSSR count). The second-order valence-corrected chi connectivity index (χ2v) is 3.55. The largest absolute Gasteiger partial charge is 0.417 e. The van der Waals surface area contributed by atoms with Gasteiger partial charge < -0.3 is 0 Å². The van der Waals surface area contributed by atoms with E-state index in [0.29, 0.717) is 12.3 Å². The first-order valence-corrected chi connectivity index (χ1v) is 5.06. The Kier molecular flexibility index (Phi) is 4.69. The normalized spacial score (nSPS) is 12.4. The molecule has 8 heteroatoms. The molecule has 2 N–H and O–H groups in total. The van der Waals surface area contributed by atoms with Crippen molar-refractivity contribution in [2.75, 3.05) is 6.54 Å². The quantitative estimate of drug-likeness (QED) is 0.387. The number of rotatable bonds is 3. The van der Waals surface area contributed by atoms with Crippen LogP contribution >= 0.6 is 11.6 Å². The number of nitrogens with one attached hydrogen (secondary N) is 1. The Balaban J connectivity index is 3.15. The molecule has 0 spiro atoms. The zero-order valence-corrected chi connectivity index (χ0v) is 9.76. The Hall–Kier alpha value is -1.60. The van der Waals surface area contributed by atoms with E-state index in [-0.39, 0.29) is 23.1 Å². The first-order valence-electron chi connectivity index (χ1n) is 4.68. The topological polar surface area (TPSA) is 57.5 Å². The minimum atomic E-state index is -4.53. The molecule has 0 bridgehead atoms. The Morgan fingerprint density at radius 1 is 1.61 bits per heavy atom. The molecule has 0 amide bonds. The molecule has 0 atom stereocenters. The maximum Gasteiger partial charge on any atom is 0.417 e. The molecular formula is C10H9ClF3N3O. The summed E-state index contributed by atoms with van der Waals surface area (Å²) in [5.74, 6) is -0.131. The Labute approximate surface area is 106 Å². The van der Waals surface area contributed by atoms with E-state index in [9.17, 15) is 13.2 Å². The molecule has 0 radical (unpaired) electrons. The average Bonchev–Trinajstić information content (AvgIpc) is 2.30. The fraction of sp³-hybridized carbons (Fsp3) is 0.200. The molecule has 18 heavy (non-hydrogen) atoms. The highest BCUT2D eigenvalue weighted by atomic mass is 35.5. The van der Waals surface area contributed by atoms with E-state index < -0.39 is 11.7 Å². The van der Waals surface area contributed by atoms with Crippen LogP contribution in [0.25, 0.3) is 0 Å². The van der Waals surface area contributed by atoms with Crippen LogP contribution in [-0.4, -0.2) is 22.6 Å². The Morgan fingerprint density at radius 3 is 2.72 bits per heavy atom. The number of aliphatic imine (C=N–C) groups is 1. The van der Waals surface area contributed by atoms with Crippen molar-refractivity contribution in [3.8, 4) is 0 Å². The molecule has 0 fully saturated rings. The van der Waals surface area contributed by atoms with Gasteiger partial charge in [0.25, 0.3) is 0 Å². The van der Waals surface area contributed by atoms with Crippen molar-refractivity contribution < 1.29 is 18.4 Å². The van der Waals surface area contributed by atoms with E-state index in [0.717, 1.165) is 0 Å². The summed E-state index contributed by atoms with van der Waals surface area (Å²) < 4.78 is 37.1. The van der Waals surface area contributed by atoms with E-state index in [4.69, 9.17) is 16.8 Å². The van der Waals surface area contributed by atoms with Gasteiger partial charge in [-0.1, -0.05) is 17.7 Å². The molecule has 1 heterocycles. The molecule has 0 aliphatic heterocycles. The standard InChI is InChI=1S/C10H9ClF3N3O/c1-2-3-15-9(17-18)8-7(11)4-6(5-16-8)10(12,13)14/h2,4-5,18H,1,3H2,(H,15,17). The highest BCUT2D eigenvalue weighted by molar-refractivity contribution is 6.33. The number of halogens is 4. The molecular weight excluding hydrogens is 271 g/mol. The fourth-order valence-electron chi connectivity index (χ4n) is 1.09. The summed E-state index contributed by atoms with van der Waals surface area (Å²) in [6.45, 7) is 3.57. The van der Waals surface area contributed by atoms with Crippen LogP contribution in [0, 0.1) is 0 Å². The minimum absolute atomic E-state index is 0.0750. The number of hydrogen-bond donors (Lipinski definition) is 2. The van der Waals surface area contributed by atoms with E-state index in [2.05, 4.69) is 16.6 Å². The maximum atomic E-state index is 12.4. The smallest absolute Gasteiger partial charge is 0.290 e. The van der Waals surface area contributed by atoms with Crippen molar-refractivity contribution in [1.29, 1.82) is 0 Å². The van der Waals surface area contributed by atoms with E-state index in [1.54, 1.807) is 5.48 Å². The van der Waals surface area contributed by atoms with Crippen molar-refractivity contribution in [3.63, 3.8) is 0 Å². The van der Waals surface area contributed by atoms with E-state index in [1.807, 2.05) is 0 Å². The lowest BCUT2D eigenvalue weighted by Crippen LogP contribution is -2.23. The first kappa shape index (κ1) is 14.5. The van der Waals surface area contributed by atoms with E-state index in [1.165, 1.54) is 6.08 Å².